The minimum absolute atomic E-state index is 0.226. The van der Waals surface area contributed by atoms with Crippen molar-refractivity contribution in [3.8, 4) is 0 Å². The van der Waals surface area contributed by atoms with E-state index in [9.17, 15) is 4.79 Å². The number of ketones is 1. The summed E-state index contributed by atoms with van der Waals surface area (Å²) in [5, 5.41) is 1.12. The van der Waals surface area contributed by atoms with Crippen molar-refractivity contribution in [2.24, 2.45) is 5.92 Å². The Morgan fingerprint density at radius 3 is 3.00 bits per heavy atom. The summed E-state index contributed by atoms with van der Waals surface area (Å²) in [6.45, 7) is 0. The smallest absolute Gasteiger partial charge is 0.136 e. The largest absolute Gasteiger partial charge is 0.299 e. The fraction of sp³-hybridized carbons (Fsp3) is 0.429. The molecule has 3 rings (SSSR count). The van der Waals surface area contributed by atoms with Crippen molar-refractivity contribution < 1.29 is 4.79 Å². The number of rotatable bonds is 2. The molecule has 1 saturated carbocycles. The van der Waals surface area contributed by atoms with Gasteiger partial charge in [-0.05, 0) is 25.0 Å². The molecule has 2 aromatic rings. The summed E-state index contributed by atoms with van der Waals surface area (Å²) >= 11 is 1.73. The van der Waals surface area contributed by atoms with E-state index in [0.29, 0.717) is 5.78 Å². The quantitative estimate of drug-likeness (QED) is 0.809. The van der Waals surface area contributed by atoms with Gasteiger partial charge in [0.15, 0.2) is 0 Å². The molecule has 1 heterocycles. The van der Waals surface area contributed by atoms with Gasteiger partial charge in [0.1, 0.15) is 5.78 Å². The fourth-order valence-corrected chi connectivity index (χ4v) is 3.54. The lowest BCUT2D eigenvalue weighted by Crippen LogP contribution is -2.20. The van der Waals surface area contributed by atoms with E-state index in [1.807, 2.05) is 18.2 Å². The monoisotopic (exact) mass is 245 g/mol. The SMILES string of the molecule is O=C1CCCCC1Cc1nc2ccccc2s1. The number of nitrogens with zero attached hydrogens (tertiary/aromatic N) is 1. The number of aromatic nitrogens is 1. The molecule has 0 saturated heterocycles. The number of Topliss-reactive ketones (excluding diaryl/α,β-unsaturated/α-hetero) is 1. The summed E-state index contributed by atoms with van der Waals surface area (Å²) in [7, 11) is 0. The molecule has 1 aromatic heterocycles. The van der Waals surface area contributed by atoms with Crippen LogP contribution in [-0.2, 0) is 11.2 Å². The maximum absolute atomic E-state index is 11.8. The van der Waals surface area contributed by atoms with Crippen molar-refractivity contribution >= 4 is 27.3 Å². The molecule has 1 aromatic carbocycles. The number of carbonyl (C=O) groups excluding carboxylic acids is 1. The van der Waals surface area contributed by atoms with Crippen LogP contribution in [0.2, 0.25) is 0 Å². The molecule has 0 N–H and O–H groups in total. The molecule has 17 heavy (non-hydrogen) atoms. The van der Waals surface area contributed by atoms with Gasteiger partial charge in [0, 0.05) is 18.8 Å². The second-order valence-corrected chi connectivity index (χ2v) is 5.80. The fourth-order valence-electron chi connectivity index (χ4n) is 2.49. The van der Waals surface area contributed by atoms with Crippen LogP contribution in [0.1, 0.15) is 30.7 Å². The summed E-state index contributed by atoms with van der Waals surface area (Å²) in [4.78, 5) is 16.4. The second-order valence-electron chi connectivity index (χ2n) is 4.69. The van der Waals surface area contributed by atoms with Gasteiger partial charge in [-0.3, -0.25) is 4.79 Å². The zero-order valence-corrected chi connectivity index (χ0v) is 10.5. The minimum Gasteiger partial charge on any atom is -0.299 e. The Balaban J connectivity index is 1.82. The summed E-state index contributed by atoms with van der Waals surface area (Å²) in [5.41, 5.74) is 1.07. The van der Waals surface area contributed by atoms with E-state index in [2.05, 4.69) is 11.1 Å². The lowest BCUT2D eigenvalue weighted by Gasteiger charge is -2.18. The van der Waals surface area contributed by atoms with Gasteiger partial charge < -0.3 is 0 Å². The molecule has 0 aliphatic heterocycles. The van der Waals surface area contributed by atoms with Gasteiger partial charge in [0.05, 0.1) is 15.2 Å². The van der Waals surface area contributed by atoms with Crippen molar-refractivity contribution in [3.63, 3.8) is 0 Å². The van der Waals surface area contributed by atoms with Gasteiger partial charge >= 0.3 is 0 Å². The first-order chi connectivity index (χ1) is 8.33. The Hall–Kier alpha value is -1.22. The Kier molecular flexibility index (Phi) is 2.93. The van der Waals surface area contributed by atoms with E-state index in [1.165, 1.54) is 11.1 Å². The highest BCUT2D eigenvalue weighted by Gasteiger charge is 2.23. The summed E-state index contributed by atoms with van der Waals surface area (Å²) in [5.74, 6) is 0.666. The molecule has 3 heteroatoms. The van der Waals surface area contributed by atoms with Crippen molar-refractivity contribution in [2.45, 2.75) is 32.1 Å². The highest BCUT2D eigenvalue weighted by Crippen LogP contribution is 2.28. The second kappa shape index (κ2) is 4.57. The van der Waals surface area contributed by atoms with Crippen LogP contribution in [0.25, 0.3) is 10.2 Å². The van der Waals surface area contributed by atoms with Gasteiger partial charge in [-0.2, -0.15) is 0 Å². The summed E-state index contributed by atoms with van der Waals surface area (Å²) in [6, 6.07) is 8.19. The third-order valence-electron chi connectivity index (χ3n) is 3.44. The van der Waals surface area contributed by atoms with Crippen LogP contribution >= 0.6 is 11.3 Å². The predicted octanol–water partition coefficient (Wildman–Crippen LogP) is 3.60. The standard InChI is InChI=1S/C14H15NOS/c16-12-7-3-1-5-10(12)9-14-15-11-6-2-4-8-13(11)17-14/h2,4,6,8,10H,1,3,5,7,9H2. The molecule has 0 amide bonds. The highest BCUT2D eigenvalue weighted by molar-refractivity contribution is 7.18. The molecule has 1 atom stereocenters. The zero-order valence-electron chi connectivity index (χ0n) is 9.69. The Bertz CT molecular complexity index is 513. The topological polar surface area (TPSA) is 30.0 Å². The van der Waals surface area contributed by atoms with Crippen LogP contribution in [0, 0.1) is 5.92 Å². The summed E-state index contributed by atoms with van der Waals surface area (Å²) < 4.78 is 1.23. The van der Waals surface area contributed by atoms with E-state index in [0.717, 1.165) is 36.2 Å². The lowest BCUT2D eigenvalue weighted by molar-refractivity contribution is -0.124. The van der Waals surface area contributed by atoms with Gasteiger partial charge in [-0.25, -0.2) is 4.98 Å². The van der Waals surface area contributed by atoms with E-state index >= 15 is 0 Å². The molecular formula is C14H15NOS. The average Bonchev–Trinajstić information content (AvgIpc) is 2.74. The lowest BCUT2D eigenvalue weighted by atomic mass is 9.86. The third-order valence-corrected chi connectivity index (χ3v) is 4.50. The van der Waals surface area contributed by atoms with Crippen LogP contribution in [0.15, 0.2) is 24.3 Å². The van der Waals surface area contributed by atoms with Gasteiger partial charge in [0.2, 0.25) is 0 Å². The molecule has 2 nitrogen and oxygen atoms in total. The number of thiazole rings is 1. The number of carbonyl (C=O) groups is 1. The van der Waals surface area contributed by atoms with Crippen molar-refractivity contribution in [2.75, 3.05) is 0 Å². The van der Waals surface area contributed by atoms with E-state index in [4.69, 9.17) is 0 Å². The first-order valence-electron chi connectivity index (χ1n) is 6.20. The number of para-hydroxylation sites is 1. The maximum atomic E-state index is 11.8. The Labute approximate surface area is 105 Å². The average molecular weight is 245 g/mol. The maximum Gasteiger partial charge on any atom is 0.136 e. The molecule has 0 radical (unpaired) electrons. The summed E-state index contributed by atoms with van der Waals surface area (Å²) in [6.07, 6.45) is 4.94. The molecule has 1 fully saturated rings. The van der Waals surface area contributed by atoms with Crippen molar-refractivity contribution in [1.82, 2.24) is 4.98 Å². The molecule has 1 aliphatic rings. The third kappa shape index (κ3) is 2.25. The van der Waals surface area contributed by atoms with Crippen LogP contribution in [0.4, 0.5) is 0 Å². The Morgan fingerprint density at radius 1 is 1.29 bits per heavy atom. The molecule has 88 valence electrons. The molecule has 0 bridgehead atoms. The Morgan fingerprint density at radius 2 is 2.18 bits per heavy atom. The molecule has 1 unspecified atom stereocenters. The van der Waals surface area contributed by atoms with E-state index < -0.39 is 0 Å². The number of benzene rings is 1. The van der Waals surface area contributed by atoms with Crippen molar-refractivity contribution in [1.29, 1.82) is 0 Å². The van der Waals surface area contributed by atoms with Crippen LogP contribution in [0.3, 0.4) is 0 Å². The van der Waals surface area contributed by atoms with Gasteiger partial charge in [-0.15, -0.1) is 11.3 Å². The van der Waals surface area contributed by atoms with Crippen LogP contribution < -0.4 is 0 Å². The van der Waals surface area contributed by atoms with Crippen molar-refractivity contribution in [3.05, 3.63) is 29.3 Å². The highest BCUT2D eigenvalue weighted by atomic mass is 32.1. The van der Waals surface area contributed by atoms with Gasteiger partial charge in [-0.1, -0.05) is 18.6 Å². The van der Waals surface area contributed by atoms with E-state index in [-0.39, 0.29) is 5.92 Å². The molecule has 0 spiro atoms. The number of hydrogen-bond donors (Lipinski definition) is 0. The molecular weight excluding hydrogens is 230 g/mol. The van der Waals surface area contributed by atoms with E-state index in [1.54, 1.807) is 11.3 Å². The van der Waals surface area contributed by atoms with Gasteiger partial charge in [0.25, 0.3) is 0 Å². The molecule has 1 aliphatic carbocycles. The first kappa shape index (κ1) is 10.9. The van der Waals surface area contributed by atoms with Crippen LogP contribution in [-0.4, -0.2) is 10.8 Å². The first-order valence-corrected chi connectivity index (χ1v) is 7.02. The zero-order chi connectivity index (χ0) is 11.7. The normalized spacial score (nSPS) is 20.9. The predicted molar refractivity (Wildman–Crippen MR) is 70.3 cm³/mol. The minimum atomic E-state index is 0.226. The number of hydrogen-bond acceptors (Lipinski definition) is 3. The van der Waals surface area contributed by atoms with Crippen LogP contribution in [0.5, 0.6) is 0 Å². The number of fused-ring (bicyclic) bond motifs is 1.